The molecule has 1 heterocycles. The van der Waals surface area contributed by atoms with Gasteiger partial charge >= 0.3 is 5.97 Å². The maximum absolute atomic E-state index is 12.4. The average Bonchev–Trinajstić information content (AvgIpc) is 2.51. The van der Waals surface area contributed by atoms with E-state index in [0.29, 0.717) is 18.8 Å². The van der Waals surface area contributed by atoms with Crippen LogP contribution in [0.4, 0.5) is 0 Å². The maximum Gasteiger partial charge on any atom is 0.331 e. The van der Waals surface area contributed by atoms with Gasteiger partial charge in [-0.15, -0.1) is 0 Å². The Morgan fingerprint density at radius 1 is 1.36 bits per heavy atom. The lowest BCUT2D eigenvalue weighted by atomic mass is 9.77. The number of hydrogen-bond donors (Lipinski definition) is 1. The Hall–Kier alpha value is -2.18. The molecule has 0 spiro atoms. The fraction of sp³-hybridized carbons (Fsp3) is 0.600. The van der Waals surface area contributed by atoms with E-state index in [9.17, 15) is 14.4 Å². The maximum atomic E-state index is 12.4. The fourth-order valence-electron chi connectivity index (χ4n) is 2.74. The normalized spacial score (nSPS) is 24.6. The van der Waals surface area contributed by atoms with Crippen molar-refractivity contribution in [2.24, 2.45) is 13.0 Å². The smallest absolute Gasteiger partial charge is 0.331 e. The molecule has 0 radical (unpaired) electrons. The molecule has 0 unspecified atom stereocenters. The predicted molar refractivity (Wildman–Crippen MR) is 79.3 cm³/mol. The molecule has 22 heavy (non-hydrogen) atoms. The van der Waals surface area contributed by atoms with Gasteiger partial charge in [0, 0.05) is 13.1 Å². The number of nitrogens with one attached hydrogen (secondary N) is 1. The van der Waals surface area contributed by atoms with Crippen molar-refractivity contribution in [1.29, 1.82) is 0 Å². The molecule has 1 aromatic rings. The molecule has 0 aromatic carbocycles. The molecule has 120 valence electrons. The summed E-state index contributed by atoms with van der Waals surface area (Å²) in [5, 5.41) is 6.68. The summed E-state index contributed by atoms with van der Waals surface area (Å²) in [5.41, 5.74) is -1.20. The lowest BCUT2D eigenvalue weighted by molar-refractivity contribution is -0.150. The highest BCUT2D eigenvalue weighted by Gasteiger charge is 2.43. The molecule has 7 heteroatoms. The van der Waals surface area contributed by atoms with Gasteiger partial charge in [0.2, 0.25) is 0 Å². The van der Waals surface area contributed by atoms with Gasteiger partial charge in [-0.2, -0.15) is 5.10 Å². The molecule has 0 aliphatic heterocycles. The standard InChI is InChI=1S/C15H21N3O4/c1-10-6-8-15(9-7-10,14(21)22-3)16-13(20)11-4-5-12(19)18(2)17-11/h4-5,10H,6-9H2,1-3H3,(H,16,20). The number of aromatic nitrogens is 2. The molecular formula is C15H21N3O4. The van der Waals surface area contributed by atoms with Gasteiger partial charge in [-0.3, -0.25) is 9.59 Å². The summed E-state index contributed by atoms with van der Waals surface area (Å²) in [5.74, 6) is -0.390. The molecule has 2 rings (SSSR count). The van der Waals surface area contributed by atoms with Crippen LogP contribution in [0.15, 0.2) is 16.9 Å². The van der Waals surface area contributed by atoms with Gasteiger partial charge in [0.1, 0.15) is 11.2 Å². The first-order chi connectivity index (χ1) is 10.4. The second kappa shape index (κ2) is 6.29. The molecule has 1 saturated carbocycles. The Balaban J connectivity index is 2.23. The highest BCUT2D eigenvalue weighted by atomic mass is 16.5. The van der Waals surface area contributed by atoms with Crippen LogP contribution >= 0.6 is 0 Å². The Kier molecular flexibility index (Phi) is 4.63. The second-order valence-corrected chi connectivity index (χ2v) is 5.89. The van der Waals surface area contributed by atoms with E-state index in [2.05, 4.69) is 17.3 Å². The third kappa shape index (κ3) is 3.18. The minimum atomic E-state index is -1.01. The van der Waals surface area contributed by atoms with E-state index in [1.807, 2.05) is 0 Å². The molecule has 1 aromatic heterocycles. The van der Waals surface area contributed by atoms with Crippen molar-refractivity contribution >= 4 is 11.9 Å². The molecule has 1 aliphatic rings. The minimum Gasteiger partial charge on any atom is -0.467 e. The number of nitrogens with zero attached hydrogens (tertiary/aromatic N) is 2. The summed E-state index contributed by atoms with van der Waals surface area (Å²) in [6, 6.07) is 2.63. The van der Waals surface area contributed by atoms with Gasteiger partial charge in [-0.1, -0.05) is 6.92 Å². The zero-order valence-electron chi connectivity index (χ0n) is 13.1. The summed E-state index contributed by atoms with van der Waals surface area (Å²) in [7, 11) is 2.79. The van der Waals surface area contributed by atoms with E-state index in [4.69, 9.17) is 4.74 Å². The number of carbonyl (C=O) groups is 2. The first kappa shape index (κ1) is 16.2. The van der Waals surface area contributed by atoms with Gasteiger partial charge in [0.25, 0.3) is 11.5 Å². The number of hydrogen-bond acceptors (Lipinski definition) is 5. The molecule has 0 bridgehead atoms. The van der Waals surface area contributed by atoms with Gasteiger partial charge in [-0.25, -0.2) is 9.48 Å². The molecule has 0 atom stereocenters. The highest BCUT2D eigenvalue weighted by molar-refractivity contribution is 5.96. The van der Waals surface area contributed by atoms with Crippen molar-refractivity contribution in [3.8, 4) is 0 Å². The molecule has 1 fully saturated rings. The lowest BCUT2D eigenvalue weighted by Crippen LogP contribution is -2.57. The van der Waals surface area contributed by atoms with Crippen LogP contribution in [0.1, 0.15) is 43.1 Å². The van der Waals surface area contributed by atoms with Crippen LogP contribution in [-0.4, -0.2) is 34.3 Å². The zero-order valence-corrected chi connectivity index (χ0v) is 13.1. The average molecular weight is 307 g/mol. The van der Waals surface area contributed by atoms with Crippen molar-refractivity contribution in [3.05, 3.63) is 28.2 Å². The zero-order chi connectivity index (χ0) is 16.3. The van der Waals surface area contributed by atoms with Gasteiger partial charge in [0.15, 0.2) is 0 Å². The molecular weight excluding hydrogens is 286 g/mol. The van der Waals surface area contributed by atoms with Crippen molar-refractivity contribution in [2.45, 2.75) is 38.1 Å². The van der Waals surface area contributed by atoms with Gasteiger partial charge in [-0.05, 0) is 37.7 Å². The van der Waals surface area contributed by atoms with Crippen LogP contribution in [0.3, 0.4) is 0 Å². The van der Waals surface area contributed by atoms with Crippen LogP contribution < -0.4 is 10.9 Å². The number of ether oxygens (including phenoxy) is 1. The third-order valence-electron chi connectivity index (χ3n) is 4.25. The van der Waals surface area contributed by atoms with E-state index in [0.717, 1.165) is 17.5 Å². The summed E-state index contributed by atoms with van der Waals surface area (Å²) in [6.45, 7) is 2.12. The summed E-state index contributed by atoms with van der Waals surface area (Å²) in [6.07, 6.45) is 2.77. The first-order valence-electron chi connectivity index (χ1n) is 7.33. The summed E-state index contributed by atoms with van der Waals surface area (Å²) < 4.78 is 5.96. The number of aryl methyl sites for hydroxylation is 1. The Labute approximate surface area is 128 Å². The largest absolute Gasteiger partial charge is 0.467 e. The van der Waals surface area contributed by atoms with E-state index >= 15 is 0 Å². The molecule has 0 saturated heterocycles. The molecule has 1 N–H and O–H groups in total. The van der Waals surface area contributed by atoms with Crippen molar-refractivity contribution in [3.63, 3.8) is 0 Å². The second-order valence-electron chi connectivity index (χ2n) is 5.89. The number of amides is 1. The van der Waals surface area contributed by atoms with Gasteiger partial charge in [0.05, 0.1) is 7.11 Å². The van der Waals surface area contributed by atoms with Crippen LogP contribution in [0.25, 0.3) is 0 Å². The number of rotatable bonds is 3. The topological polar surface area (TPSA) is 90.3 Å². The van der Waals surface area contributed by atoms with E-state index in [-0.39, 0.29) is 11.3 Å². The number of methoxy groups -OCH3 is 1. The first-order valence-corrected chi connectivity index (χ1v) is 7.33. The number of carbonyl (C=O) groups excluding carboxylic acids is 2. The van der Waals surface area contributed by atoms with Crippen molar-refractivity contribution in [1.82, 2.24) is 15.1 Å². The van der Waals surface area contributed by atoms with Crippen LogP contribution in [0, 0.1) is 5.92 Å². The molecule has 1 amide bonds. The highest BCUT2D eigenvalue weighted by Crippen LogP contribution is 2.33. The lowest BCUT2D eigenvalue weighted by Gasteiger charge is -2.37. The Morgan fingerprint density at radius 2 is 2.00 bits per heavy atom. The van der Waals surface area contributed by atoms with Crippen LogP contribution in [-0.2, 0) is 16.6 Å². The van der Waals surface area contributed by atoms with E-state index in [1.54, 1.807) is 0 Å². The SMILES string of the molecule is COC(=O)C1(NC(=O)c2ccc(=O)n(C)n2)CCC(C)CC1. The van der Waals surface area contributed by atoms with E-state index in [1.165, 1.54) is 26.3 Å². The quantitative estimate of drug-likeness (QED) is 0.827. The third-order valence-corrected chi connectivity index (χ3v) is 4.25. The monoisotopic (exact) mass is 307 g/mol. The Morgan fingerprint density at radius 3 is 2.55 bits per heavy atom. The van der Waals surface area contributed by atoms with Gasteiger partial charge < -0.3 is 10.1 Å². The van der Waals surface area contributed by atoms with E-state index < -0.39 is 17.4 Å². The molecule has 1 aliphatic carbocycles. The minimum absolute atomic E-state index is 0.101. The van der Waals surface area contributed by atoms with Crippen molar-refractivity contribution in [2.75, 3.05) is 7.11 Å². The Bertz CT molecular complexity index is 630. The summed E-state index contributed by atoms with van der Waals surface area (Å²) in [4.78, 5) is 35.9. The fourth-order valence-corrected chi connectivity index (χ4v) is 2.74. The number of esters is 1. The predicted octanol–water partition coefficient (Wildman–Crippen LogP) is 0.632. The molecule has 7 nitrogen and oxygen atoms in total. The van der Waals surface area contributed by atoms with Crippen molar-refractivity contribution < 1.29 is 14.3 Å². The summed E-state index contributed by atoms with van der Waals surface area (Å²) >= 11 is 0. The van der Waals surface area contributed by atoms with Crippen LogP contribution in [0.5, 0.6) is 0 Å². The van der Waals surface area contributed by atoms with Crippen LogP contribution in [0.2, 0.25) is 0 Å².